The normalized spacial score (nSPS) is 19.0. The summed E-state index contributed by atoms with van der Waals surface area (Å²) < 4.78 is 21.0. The fourth-order valence-corrected chi connectivity index (χ4v) is 6.93. The molecule has 3 aliphatic rings. The number of carbonyl (C=O) groups is 1. The molecule has 0 radical (unpaired) electrons. The zero-order valence-electron chi connectivity index (χ0n) is 23.7. The van der Waals surface area contributed by atoms with Crippen LogP contribution in [0.3, 0.4) is 0 Å². The number of hydrogen-bond donors (Lipinski definition) is 0. The minimum Gasteiger partial charge on any atom is -0.381 e. The quantitative estimate of drug-likeness (QED) is 0.311. The topological polar surface area (TPSA) is 90.0 Å². The van der Waals surface area contributed by atoms with Crippen molar-refractivity contribution in [2.45, 2.75) is 32.1 Å². The van der Waals surface area contributed by atoms with Crippen LogP contribution in [0.5, 0.6) is 0 Å². The van der Waals surface area contributed by atoms with Gasteiger partial charge in [0, 0.05) is 63.2 Å². The number of aryl methyl sites for hydroxylation is 1. The highest BCUT2D eigenvalue weighted by atomic mass is 32.1. The van der Waals surface area contributed by atoms with E-state index >= 15 is 0 Å². The third-order valence-electron chi connectivity index (χ3n) is 8.57. The summed E-state index contributed by atoms with van der Waals surface area (Å²) in [6.45, 7) is 6.25. The van der Waals surface area contributed by atoms with Gasteiger partial charge in [-0.05, 0) is 62.1 Å². The van der Waals surface area contributed by atoms with E-state index in [2.05, 4.69) is 30.2 Å². The van der Waals surface area contributed by atoms with E-state index in [9.17, 15) is 14.4 Å². The molecule has 7 rings (SSSR count). The second-order valence-electron chi connectivity index (χ2n) is 11.4. The van der Waals surface area contributed by atoms with Gasteiger partial charge in [0.1, 0.15) is 22.5 Å². The lowest BCUT2D eigenvalue weighted by molar-refractivity contribution is -0.135. The Morgan fingerprint density at radius 3 is 2.60 bits per heavy atom. The van der Waals surface area contributed by atoms with Gasteiger partial charge in [-0.25, -0.2) is 13.9 Å². The predicted octanol–water partition coefficient (Wildman–Crippen LogP) is 5.11. The molecule has 1 amide bonds. The van der Waals surface area contributed by atoms with Gasteiger partial charge in [0.15, 0.2) is 5.13 Å². The Morgan fingerprint density at radius 1 is 1.17 bits per heavy atom. The molecule has 3 aromatic heterocycles. The molecule has 1 aromatic carbocycles. The SMILES string of the molecule is Cc1cn2nc(C3CC3)c(N(C)c3nc(-c4ccc(F)cc4)c(C#N)s3)c2cc1N1CCN(C(=O)[C@H]2CCOC2)CC1. The van der Waals surface area contributed by atoms with Gasteiger partial charge in [-0.1, -0.05) is 11.3 Å². The second kappa shape index (κ2) is 10.7. The first-order valence-electron chi connectivity index (χ1n) is 14.5. The maximum Gasteiger partial charge on any atom is 0.228 e. The molecular weight excluding hydrogens is 553 g/mol. The highest BCUT2D eigenvalue weighted by molar-refractivity contribution is 7.16. The number of hydrogen-bond acceptors (Lipinski definition) is 8. The summed E-state index contributed by atoms with van der Waals surface area (Å²) in [5, 5.41) is 15.6. The van der Waals surface area contributed by atoms with Crippen molar-refractivity contribution in [3.8, 4) is 17.3 Å². The van der Waals surface area contributed by atoms with Gasteiger partial charge < -0.3 is 19.4 Å². The van der Waals surface area contributed by atoms with Crippen molar-refractivity contribution in [2.75, 3.05) is 56.2 Å². The fraction of sp³-hybridized carbons (Fsp3) is 0.419. The number of halogens is 1. The van der Waals surface area contributed by atoms with Crippen LogP contribution < -0.4 is 9.80 Å². The molecule has 0 spiro atoms. The van der Waals surface area contributed by atoms with Crippen LogP contribution >= 0.6 is 11.3 Å². The Kier molecular flexibility index (Phi) is 6.83. The lowest BCUT2D eigenvalue weighted by atomic mass is 10.1. The standard InChI is InChI=1S/C31H32FN7O2S/c1-19-17-39-25(15-24(19)37-10-12-38(13-11-37)30(40)22-9-14-41-18-22)29(28(35-39)21-3-4-21)36(2)31-34-27(26(16-33)42-31)20-5-7-23(32)8-6-20/h5-8,15,17,21-22H,3-4,9-14,18H2,1-2H3/t22-/m0/s1. The van der Waals surface area contributed by atoms with Gasteiger partial charge in [0.05, 0.1) is 29.4 Å². The number of nitriles is 1. The number of aromatic nitrogens is 3. The monoisotopic (exact) mass is 585 g/mol. The molecule has 3 fully saturated rings. The average Bonchev–Trinajstić information content (AvgIpc) is 3.38. The molecule has 1 saturated carbocycles. The van der Waals surface area contributed by atoms with Crippen molar-refractivity contribution in [3.05, 3.63) is 58.5 Å². The van der Waals surface area contributed by atoms with Crippen molar-refractivity contribution in [1.82, 2.24) is 19.5 Å². The van der Waals surface area contributed by atoms with E-state index in [1.54, 1.807) is 12.1 Å². The van der Waals surface area contributed by atoms with Crippen LogP contribution in [-0.2, 0) is 9.53 Å². The van der Waals surface area contributed by atoms with Crippen molar-refractivity contribution >= 4 is 39.3 Å². The number of carbonyl (C=O) groups excluding carboxylic acids is 1. The van der Waals surface area contributed by atoms with E-state index in [1.807, 2.05) is 21.4 Å². The van der Waals surface area contributed by atoms with Gasteiger partial charge in [0.2, 0.25) is 5.91 Å². The summed E-state index contributed by atoms with van der Waals surface area (Å²) >= 11 is 1.33. The number of piperazine rings is 1. The third-order valence-corrected chi connectivity index (χ3v) is 9.61. The molecule has 2 saturated heterocycles. The first-order valence-corrected chi connectivity index (χ1v) is 15.3. The van der Waals surface area contributed by atoms with Crippen LogP contribution in [-0.4, -0.2) is 71.8 Å². The van der Waals surface area contributed by atoms with Crippen LogP contribution in [0.2, 0.25) is 0 Å². The van der Waals surface area contributed by atoms with Crippen LogP contribution in [0.1, 0.15) is 41.3 Å². The number of amides is 1. The molecule has 4 aromatic rings. The summed E-state index contributed by atoms with van der Waals surface area (Å²) in [4.78, 5) is 24.7. The molecule has 1 atom stereocenters. The number of fused-ring (bicyclic) bond motifs is 1. The smallest absolute Gasteiger partial charge is 0.228 e. The molecule has 0 bridgehead atoms. The molecule has 11 heteroatoms. The van der Waals surface area contributed by atoms with Crippen molar-refractivity contribution in [3.63, 3.8) is 0 Å². The maximum absolute atomic E-state index is 13.6. The Morgan fingerprint density at radius 2 is 1.93 bits per heavy atom. The highest BCUT2D eigenvalue weighted by Gasteiger charge is 2.34. The summed E-state index contributed by atoms with van der Waals surface area (Å²) in [5.41, 5.74) is 6.56. The zero-order chi connectivity index (χ0) is 29.0. The molecule has 1 aliphatic carbocycles. The minimum absolute atomic E-state index is 0.00338. The Labute approximate surface area is 247 Å². The van der Waals surface area contributed by atoms with E-state index in [0.29, 0.717) is 53.5 Å². The van der Waals surface area contributed by atoms with E-state index in [0.717, 1.165) is 60.5 Å². The summed E-state index contributed by atoms with van der Waals surface area (Å²) in [5.74, 6) is 0.282. The van der Waals surface area contributed by atoms with E-state index in [-0.39, 0.29) is 17.6 Å². The molecule has 42 heavy (non-hydrogen) atoms. The molecule has 216 valence electrons. The summed E-state index contributed by atoms with van der Waals surface area (Å²) in [6.07, 6.45) is 5.10. The molecular formula is C31H32FN7O2S. The van der Waals surface area contributed by atoms with E-state index in [4.69, 9.17) is 14.8 Å². The third kappa shape index (κ3) is 4.78. The number of nitrogens with zero attached hydrogens (tertiary/aromatic N) is 7. The number of pyridine rings is 1. The van der Waals surface area contributed by atoms with Crippen molar-refractivity contribution in [1.29, 1.82) is 5.26 Å². The lowest BCUT2D eigenvalue weighted by Gasteiger charge is -2.37. The largest absolute Gasteiger partial charge is 0.381 e. The minimum atomic E-state index is -0.326. The van der Waals surface area contributed by atoms with E-state index < -0.39 is 0 Å². The molecule has 9 nitrogen and oxygen atoms in total. The van der Waals surface area contributed by atoms with Crippen LogP contribution in [0, 0.1) is 30.0 Å². The number of rotatable bonds is 6. The Hall–Kier alpha value is -4.01. The first-order chi connectivity index (χ1) is 20.4. The zero-order valence-corrected chi connectivity index (χ0v) is 24.5. The second-order valence-corrected chi connectivity index (χ2v) is 12.4. The number of ether oxygens (including phenoxy) is 1. The molecule has 0 N–H and O–H groups in total. The van der Waals surface area contributed by atoms with Gasteiger partial charge in [0.25, 0.3) is 0 Å². The number of benzene rings is 1. The Bertz CT molecular complexity index is 1690. The van der Waals surface area contributed by atoms with E-state index in [1.165, 1.54) is 23.5 Å². The predicted molar refractivity (Wildman–Crippen MR) is 160 cm³/mol. The summed E-state index contributed by atoms with van der Waals surface area (Å²) in [6, 6.07) is 10.6. The molecule has 2 aliphatic heterocycles. The first kappa shape index (κ1) is 26.9. The van der Waals surface area contributed by atoms with Gasteiger partial charge in [-0.15, -0.1) is 0 Å². The van der Waals surface area contributed by atoms with Crippen molar-refractivity contribution < 1.29 is 13.9 Å². The number of thiazole rings is 1. The number of anilines is 3. The van der Waals surface area contributed by atoms with Crippen LogP contribution in [0.25, 0.3) is 16.8 Å². The molecule has 0 unspecified atom stereocenters. The lowest BCUT2D eigenvalue weighted by Crippen LogP contribution is -2.50. The van der Waals surface area contributed by atoms with Crippen LogP contribution in [0.4, 0.5) is 20.9 Å². The van der Waals surface area contributed by atoms with Gasteiger partial charge >= 0.3 is 0 Å². The van der Waals surface area contributed by atoms with Crippen LogP contribution in [0.15, 0.2) is 36.5 Å². The van der Waals surface area contributed by atoms with Gasteiger partial charge in [-0.2, -0.15) is 10.4 Å². The van der Waals surface area contributed by atoms with Crippen molar-refractivity contribution in [2.24, 2.45) is 5.92 Å². The van der Waals surface area contributed by atoms with Gasteiger partial charge in [-0.3, -0.25) is 4.79 Å². The Balaban J connectivity index is 1.21. The highest BCUT2D eigenvalue weighted by Crippen LogP contribution is 2.48. The maximum atomic E-state index is 13.6. The fourth-order valence-electron chi connectivity index (χ4n) is 6.08. The molecule has 5 heterocycles. The summed E-state index contributed by atoms with van der Waals surface area (Å²) in [7, 11) is 1.98. The average molecular weight is 586 g/mol.